The van der Waals surface area contributed by atoms with E-state index in [1.54, 1.807) is 12.1 Å². The van der Waals surface area contributed by atoms with Gasteiger partial charge >= 0.3 is 0 Å². The number of nitrogens with two attached hydrogens (primary N) is 1. The Morgan fingerprint density at radius 2 is 1.91 bits per heavy atom. The van der Waals surface area contributed by atoms with Crippen molar-refractivity contribution in [1.29, 1.82) is 0 Å². The van der Waals surface area contributed by atoms with E-state index < -0.39 is 0 Å². The van der Waals surface area contributed by atoms with E-state index in [9.17, 15) is 4.79 Å². The van der Waals surface area contributed by atoms with Gasteiger partial charge in [0.2, 0.25) is 5.91 Å². The lowest BCUT2D eigenvalue weighted by Crippen LogP contribution is -2.35. The zero-order valence-corrected chi connectivity index (χ0v) is 15.0. The second-order valence-electron chi connectivity index (χ2n) is 5.65. The maximum absolute atomic E-state index is 12.3. The lowest BCUT2D eigenvalue weighted by atomic mass is 9.83. The van der Waals surface area contributed by atoms with Crippen LogP contribution in [-0.4, -0.2) is 26.2 Å². The zero-order chi connectivity index (χ0) is 16.1. The first-order valence-corrected chi connectivity index (χ1v) is 7.90. The van der Waals surface area contributed by atoms with Crippen molar-refractivity contribution in [1.82, 2.24) is 0 Å². The summed E-state index contributed by atoms with van der Waals surface area (Å²) in [4.78, 5) is 12.3. The summed E-state index contributed by atoms with van der Waals surface area (Å²) in [5.41, 5.74) is 6.65. The Labute approximate surface area is 148 Å². The van der Waals surface area contributed by atoms with Gasteiger partial charge in [-0.25, -0.2) is 0 Å². The van der Waals surface area contributed by atoms with E-state index in [-0.39, 0.29) is 30.3 Å². The molecule has 130 valence electrons. The van der Waals surface area contributed by atoms with Gasteiger partial charge < -0.3 is 20.5 Å². The number of hydrogen-bond acceptors (Lipinski definition) is 4. The van der Waals surface area contributed by atoms with Gasteiger partial charge in [-0.1, -0.05) is 24.4 Å². The fraction of sp³-hybridized carbons (Fsp3) is 0.562. The van der Waals surface area contributed by atoms with Crippen LogP contribution in [0.2, 0.25) is 5.02 Å². The van der Waals surface area contributed by atoms with E-state index in [0.29, 0.717) is 28.6 Å². The normalized spacial score (nSPS) is 20.3. The summed E-state index contributed by atoms with van der Waals surface area (Å²) in [6.45, 7) is 0. The van der Waals surface area contributed by atoms with E-state index in [0.717, 1.165) is 25.7 Å². The summed E-state index contributed by atoms with van der Waals surface area (Å²) in [5, 5.41) is 3.31. The number of carbonyl (C=O) groups is 1. The molecule has 3 N–H and O–H groups in total. The molecule has 2 rings (SSSR count). The maximum Gasteiger partial charge on any atom is 0.224 e. The molecule has 1 aromatic carbocycles. The summed E-state index contributed by atoms with van der Waals surface area (Å²) in [7, 11) is 3.06. The molecule has 0 bridgehead atoms. The number of carbonyl (C=O) groups excluding carboxylic acids is 1. The van der Waals surface area contributed by atoms with Crippen LogP contribution < -0.4 is 20.5 Å². The minimum absolute atomic E-state index is 0. The van der Waals surface area contributed by atoms with Crippen molar-refractivity contribution in [2.75, 3.05) is 19.5 Å². The molecule has 23 heavy (non-hydrogen) atoms. The molecular formula is C16H24Cl2N2O3. The van der Waals surface area contributed by atoms with Crippen molar-refractivity contribution in [3.8, 4) is 11.5 Å². The van der Waals surface area contributed by atoms with Crippen LogP contribution in [0.4, 0.5) is 5.69 Å². The van der Waals surface area contributed by atoms with Crippen LogP contribution in [0.1, 0.15) is 32.1 Å². The number of halogens is 2. The van der Waals surface area contributed by atoms with Crippen LogP contribution in [0, 0.1) is 5.92 Å². The predicted octanol–water partition coefficient (Wildman–Crippen LogP) is 3.63. The molecule has 2 unspecified atom stereocenters. The fourth-order valence-electron chi connectivity index (χ4n) is 2.89. The van der Waals surface area contributed by atoms with Crippen LogP contribution in [0.3, 0.4) is 0 Å². The highest BCUT2D eigenvalue weighted by Crippen LogP contribution is 2.36. The molecule has 1 aromatic rings. The Bertz CT molecular complexity index is 540. The monoisotopic (exact) mass is 362 g/mol. The molecule has 7 heteroatoms. The molecule has 0 radical (unpaired) electrons. The highest BCUT2D eigenvalue weighted by Gasteiger charge is 2.24. The molecule has 1 fully saturated rings. The third kappa shape index (κ3) is 5.16. The average Bonchev–Trinajstić information content (AvgIpc) is 2.50. The first kappa shape index (κ1) is 19.9. The van der Waals surface area contributed by atoms with Gasteiger partial charge in [-0.15, -0.1) is 12.4 Å². The largest absolute Gasteiger partial charge is 0.495 e. The molecule has 1 aliphatic carbocycles. The van der Waals surface area contributed by atoms with Gasteiger partial charge in [-0.3, -0.25) is 4.79 Å². The van der Waals surface area contributed by atoms with Gasteiger partial charge in [-0.2, -0.15) is 0 Å². The molecule has 0 spiro atoms. The number of nitrogens with one attached hydrogen (secondary N) is 1. The van der Waals surface area contributed by atoms with Gasteiger partial charge in [0.25, 0.3) is 0 Å². The van der Waals surface area contributed by atoms with Crippen molar-refractivity contribution < 1.29 is 14.3 Å². The number of rotatable bonds is 5. The Hall–Kier alpha value is -1.17. The molecular weight excluding hydrogens is 339 g/mol. The van der Waals surface area contributed by atoms with Gasteiger partial charge in [0, 0.05) is 24.6 Å². The highest BCUT2D eigenvalue weighted by molar-refractivity contribution is 6.32. The molecule has 0 aliphatic heterocycles. The quantitative estimate of drug-likeness (QED) is 0.838. The van der Waals surface area contributed by atoms with Crippen LogP contribution in [0.15, 0.2) is 12.1 Å². The first-order chi connectivity index (χ1) is 10.5. The average molecular weight is 363 g/mol. The van der Waals surface area contributed by atoms with E-state index >= 15 is 0 Å². The van der Waals surface area contributed by atoms with Gasteiger partial charge in [0.05, 0.1) is 24.9 Å². The van der Waals surface area contributed by atoms with Gasteiger partial charge in [-0.05, 0) is 18.8 Å². The highest BCUT2D eigenvalue weighted by atomic mass is 35.5. The van der Waals surface area contributed by atoms with Gasteiger partial charge in [0.1, 0.15) is 11.5 Å². The number of amides is 1. The molecule has 0 saturated heterocycles. The van der Waals surface area contributed by atoms with Crippen molar-refractivity contribution in [2.45, 2.75) is 38.1 Å². The van der Waals surface area contributed by atoms with E-state index in [2.05, 4.69) is 5.32 Å². The van der Waals surface area contributed by atoms with Crippen LogP contribution in [0.25, 0.3) is 0 Å². The van der Waals surface area contributed by atoms with Crippen molar-refractivity contribution in [3.05, 3.63) is 17.2 Å². The molecule has 5 nitrogen and oxygen atoms in total. The summed E-state index contributed by atoms with van der Waals surface area (Å²) >= 11 is 6.06. The topological polar surface area (TPSA) is 73.6 Å². The van der Waals surface area contributed by atoms with E-state index in [1.807, 2.05) is 0 Å². The van der Waals surface area contributed by atoms with Crippen LogP contribution >= 0.6 is 24.0 Å². The summed E-state index contributed by atoms with van der Waals surface area (Å²) in [6.07, 6.45) is 4.73. The third-order valence-corrected chi connectivity index (χ3v) is 4.46. The Balaban J connectivity index is 0.00000264. The molecule has 1 aliphatic rings. The number of benzene rings is 1. The van der Waals surface area contributed by atoms with Crippen LogP contribution in [0.5, 0.6) is 11.5 Å². The number of methoxy groups -OCH3 is 2. The standard InChI is InChI=1S/C16H23ClN2O3.ClH/c1-21-14-9-13(15(22-2)8-11(14)17)19-16(20)7-10-5-3-4-6-12(10)18;/h8-10,12H,3-7,18H2,1-2H3,(H,19,20);1H. The Morgan fingerprint density at radius 1 is 1.26 bits per heavy atom. The minimum Gasteiger partial charge on any atom is -0.495 e. The SMILES string of the molecule is COc1cc(NC(=O)CC2CCCCC2N)c(OC)cc1Cl.Cl. The molecule has 1 amide bonds. The van der Waals surface area contributed by atoms with Gasteiger partial charge in [0.15, 0.2) is 0 Å². The molecule has 0 aromatic heterocycles. The fourth-order valence-corrected chi connectivity index (χ4v) is 3.12. The van der Waals surface area contributed by atoms with Crippen LogP contribution in [-0.2, 0) is 4.79 Å². The molecule has 2 atom stereocenters. The van der Waals surface area contributed by atoms with Crippen molar-refractivity contribution in [3.63, 3.8) is 0 Å². The Kier molecular flexibility index (Phi) is 7.95. The number of ether oxygens (including phenoxy) is 2. The lowest BCUT2D eigenvalue weighted by molar-refractivity contribution is -0.117. The first-order valence-electron chi connectivity index (χ1n) is 7.52. The number of anilines is 1. The molecule has 1 saturated carbocycles. The zero-order valence-electron chi connectivity index (χ0n) is 13.4. The summed E-state index contributed by atoms with van der Waals surface area (Å²) in [6, 6.07) is 3.41. The lowest BCUT2D eigenvalue weighted by Gasteiger charge is -2.28. The second kappa shape index (κ2) is 9.21. The third-order valence-electron chi connectivity index (χ3n) is 4.16. The maximum atomic E-state index is 12.3. The summed E-state index contributed by atoms with van der Waals surface area (Å²) in [5.74, 6) is 1.18. The predicted molar refractivity (Wildman–Crippen MR) is 95.0 cm³/mol. The second-order valence-corrected chi connectivity index (χ2v) is 6.05. The van der Waals surface area contributed by atoms with E-state index in [1.165, 1.54) is 14.2 Å². The smallest absolute Gasteiger partial charge is 0.224 e. The van der Waals surface area contributed by atoms with E-state index in [4.69, 9.17) is 26.8 Å². The molecule has 0 heterocycles. The number of hydrogen-bond donors (Lipinski definition) is 2. The van der Waals surface area contributed by atoms with Crippen molar-refractivity contribution in [2.24, 2.45) is 11.7 Å². The minimum atomic E-state index is -0.0648. The van der Waals surface area contributed by atoms with Crippen molar-refractivity contribution >= 4 is 35.6 Å². The Morgan fingerprint density at radius 3 is 2.52 bits per heavy atom. The summed E-state index contributed by atoms with van der Waals surface area (Å²) < 4.78 is 10.4.